The summed E-state index contributed by atoms with van der Waals surface area (Å²) in [5, 5.41) is 0. The molecule has 30 heavy (non-hydrogen) atoms. The lowest BCUT2D eigenvalue weighted by atomic mass is 10.2. The molecule has 0 heterocycles. The summed E-state index contributed by atoms with van der Waals surface area (Å²) in [6.45, 7) is 8.50. The highest BCUT2D eigenvalue weighted by atomic mass is 17.3. The lowest BCUT2D eigenvalue weighted by Crippen LogP contribution is -2.10. The van der Waals surface area contributed by atoms with Crippen LogP contribution >= 0.6 is 0 Å². The summed E-state index contributed by atoms with van der Waals surface area (Å²) in [5.41, 5.74) is 0.461. The zero-order chi connectivity index (χ0) is 21.8. The van der Waals surface area contributed by atoms with Crippen LogP contribution in [0.4, 0.5) is 0 Å². The second kappa shape index (κ2) is 12.0. The van der Waals surface area contributed by atoms with Gasteiger partial charge in [0, 0.05) is 0 Å². The highest BCUT2D eigenvalue weighted by Crippen LogP contribution is 2.15. The van der Waals surface area contributed by atoms with Crippen LogP contribution in [-0.4, -0.2) is 25.2 Å². The molecule has 0 aliphatic heterocycles. The number of carbonyl (C=O) groups excluding carboxylic acids is 2. The number of hydrogen-bond acceptors (Lipinski definition) is 8. The fourth-order valence-electron chi connectivity index (χ4n) is 2.09. The molecule has 2 aromatic rings. The van der Waals surface area contributed by atoms with Crippen molar-refractivity contribution in [3.8, 4) is 11.5 Å². The third kappa shape index (κ3) is 7.38. The van der Waals surface area contributed by atoms with E-state index >= 15 is 0 Å². The minimum absolute atomic E-state index is 0.231. The Morgan fingerprint density at radius 1 is 0.667 bits per heavy atom. The van der Waals surface area contributed by atoms with Crippen molar-refractivity contribution in [2.75, 3.05) is 13.2 Å². The molecule has 0 aliphatic carbocycles. The topological polar surface area (TPSA) is 89.5 Å². The maximum atomic E-state index is 11.9. The summed E-state index contributed by atoms with van der Waals surface area (Å²) in [5.74, 6) is -0.813. The van der Waals surface area contributed by atoms with Gasteiger partial charge in [0.2, 0.25) is 0 Å². The zero-order valence-electron chi connectivity index (χ0n) is 16.9. The molecule has 0 N–H and O–H groups in total. The molecule has 0 amide bonds. The first-order chi connectivity index (χ1) is 14.5. The van der Waals surface area contributed by atoms with Gasteiger partial charge < -0.3 is 9.47 Å². The summed E-state index contributed by atoms with van der Waals surface area (Å²) < 4.78 is 10.9. The Morgan fingerprint density at radius 2 is 1.03 bits per heavy atom. The van der Waals surface area contributed by atoms with Gasteiger partial charge in [0.25, 0.3) is 0 Å². The first kappa shape index (κ1) is 22.6. The number of ether oxygens (including phenoxy) is 2. The Kier molecular flexibility index (Phi) is 9.05. The van der Waals surface area contributed by atoms with Gasteiger partial charge in [-0.3, -0.25) is 0 Å². The normalized spacial score (nSPS) is 9.93. The molecular formula is C22H24O8. The Bertz CT molecular complexity index is 758. The number of hydrogen-bond donors (Lipinski definition) is 0. The first-order valence-electron chi connectivity index (χ1n) is 9.45. The average molecular weight is 416 g/mol. The van der Waals surface area contributed by atoms with Crippen LogP contribution in [0.15, 0.2) is 61.1 Å². The molecular weight excluding hydrogens is 392 g/mol. The molecule has 0 radical (unpaired) electrons. The predicted molar refractivity (Wildman–Crippen MR) is 107 cm³/mol. The van der Waals surface area contributed by atoms with Crippen molar-refractivity contribution < 1.29 is 38.6 Å². The standard InChI is InChI=1S/C22H24O8/c1-4-14-25-19-10-6-17(7-11-19)21(23)29-27-16(3)28-30-22(24)18-8-12-20(13-9-18)26-15-5-2/h6-13H,3-5,14-15H2,1-2H3. The molecule has 0 atom stereocenters. The molecule has 2 rings (SSSR count). The van der Waals surface area contributed by atoms with Crippen molar-refractivity contribution in [1.82, 2.24) is 0 Å². The van der Waals surface area contributed by atoms with E-state index in [1.807, 2.05) is 13.8 Å². The second-order valence-corrected chi connectivity index (χ2v) is 6.03. The third-order valence-corrected chi connectivity index (χ3v) is 3.55. The number of rotatable bonds is 12. The highest BCUT2D eigenvalue weighted by molar-refractivity contribution is 5.89. The Balaban J connectivity index is 1.73. The summed E-state index contributed by atoms with van der Waals surface area (Å²) in [6, 6.07) is 12.6. The van der Waals surface area contributed by atoms with Crippen molar-refractivity contribution in [3.05, 3.63) is 72.2 Å². The number of carbonyl (C=O) groups is 2. The van der Waals surface area contributed by atoms with E-state index in [1.165, 1.54) is 24.3 Å². The van der Waals surface area contributed by atoms with Crippen molar-refractivity contribution in [1.29, 1.82) is 0 Å². The van der Waals surface area contributed by atoms with Crippen LogP contribution in [-0.2, 0) is 19.6 Å². The predicted octanol–water partition coefficient (Wildman–Crippen LogP) is 4.61. The van der Waals surface area contributed by atoms with Gasteiger partial charge in [-0.2, -0.15) is 0 Å². The monoisotopic (exact) mass is 416 g/mol. The fourth-order valence-corrected chi connectivity index (χ4v) is 2.09. The quantitative estimate of drug-likeness (QED) is 0.281. The Morgan fingerprint density at radius 3 is 1.37 bits per heavy atom. The van der Waals surface area contributed by atoms with Gasteiger partial charge in [-0.15, -0.1) is 0 Å². The van der Waals surface area contributed by atoms with Crippen LogP contribution in [0.2, 0.25) is 0 Å². The van der Waals surface area contributed by atoms with Gasteiger partial charge in [0.05, 0.1) is 24.3 Å². The maximum absolute atomic E-state index is 11.9. The molecule has 0 fully saturated rings. The van der Waals surface area contributed by atoms with Crippen molar-refractivity contribution in [2.24, 2.45) is 0 Å². The molecule has 0 aliphatic rings. The summed E-state index contributed by atoms with van der Waals surface area (Å²) in [7, 11) is 0. The molecule has 0 saturated carbocycles. The summed E-state index contributed by atoms with van der Waals surface area (Å²) in [4.78, 5) is 42.3. The SMILES string of the molecule is C=C(OOC(=O)c1ccc(OCCC)cc1)OOC(=O)c1ccc(OCCC)cc1. The Labute approximate surface area is 174 Å². The first-order valence-corrected chi connectivity index (χ1v) is 9.45. The van der Waals surface area contributed by atoms with E-state index in [9.17, 15) is 9.59 Å². The van der Waals surface area contributed by atoms with Crippen LogP contribution in [0.1, 0.15) is 47.4 Å². The molecule has 8 heteroatoms. The molecule has 8 nitrogen and oxygen atoms in total. The molecule has 0 bridgehead atoms. The van der Waals surface area contributed by atoms with E-state index in [2.05, 4.69) is 26.1 Å². The smallest absolute Gasteiger partial charge is 0.386 e. The lowest BCUT2D eigenvalue weighted by Gasteiger charge is -2.08. The zero-order valence-corrected chi connectivity index (χ0v) is 16.9. The van der Waals surface area contributed by atoms with E-state index in [0.29, 0.717) is 24.7 Å². The molecule has 0 saturated heterocycles. The second-order valence-electron chi connectivity index (χ2n) is 6.03. The van der Waals surface area contributed by atoms with E-state index in [-0.39, 0.29) is 11.1 Å². The van der Waals surface area contributed by atoms with Crippen molar-refractivity contribution >= 4 is 11.9 Å². The van der Waals surface area contributed by atoms with Crippen molar-refractivity contribution in [2.45, 2.75) is 26.7 Å². The van der Waals surface area contributed by atoms with Gasteiger partial charge in [0.1, 0.15) is 11.5 Å². The van der Waals surface area contributed by atoms with Crippen LogP contribution < -0.4 is 9.47 Å². The van der Waals surface area contributed by atoms with Gasteiger partial charge >= 0.3 is 17.9 Å². The molecule has 2 aromatic carbocycles. The lowest BCUT2D eigenvalue weighted by molar-refractivity contribution is -0.317. The fraction of sp³-hybridized carbons (Fsp3) is 0.273. The molecule has 0 aromatic heterocycles. The average Bonchev–Trinajstić information content (AvgIpc) is 2.78. The highest BCUT2D eigenvalue weighted by Gasteiger charge is 2.14. The summed E-state index contributed by atoms with van der Waals surface area (Å²) >= 11 is 0. The molecule has 0 spiro atoms. The number of benzene rings is 2. The van der Waals surface area contributed by atoms with Crippen LogP contribution in [0, 0.1) is 0 Å². The van der Waals surface area contributed by atoms with Gasteiger partial charge in [-0.05, 0) is 68.0 Å². The van der Waals surface area contributed by atoms with Crippen LogP contribution in [0.25, 0.3) is 0 Å². The van der Waals surface area contributed by atoms with Gasteiger partial charge in [-0.25, -0.2) is 29.1 Å². The van der Waals surface area contributed by atoms with E-state index in [1.54, 1.807) is 24.3 Å². The van der Waals surface area contributed by atoms with E-state index in [0.717, 1.165) is 12.8 Å². The maximum Gasteiger partial charge on any atom is 0.386 e. The third-order valence-electron chi connectivity index (χ3n) is 3.55. The minimum atomic E-state index is -0.782. The van der Waals surface area contributed by atoms with E-state index in [4.69, 9.17) is 9.47 Å². The largest absolute Gasteiger partial charge is 0.494 e. The van der Waals surface area contributed by atoms with Crippen LogP contribution in [0.3, 0.4) is 0 Å². The molecule has 160 valence electrons. The van der Waals surface area contributed by atoms with Crippen LogP contribution in [0.5, 0.6) is 11.5 Å². The molecule has 0 unspecified atom stereocenters. The Hall–Kier alpha value is -3.68. The van der Waals surface area contributed by atoms with Gasteiger partial charge in [0.15, 0.2) is 0 Å². The van der Waals surface area contributed by atoms with Crippen molar-refractivity contribution in [3.63, 3.8) is 0 Å². The van der Waals surface area contributed by atoms with E-state index < -0.39 is 17.9 Å². The van der Waals surface area contributed by atoms with Gasteiger partial charge in [-0.1, -0.05) is 13.8 Å². The summed E-state index contributed by atoms with van der Waals surface area (Å²) in [6.07, 6.45) is 1.76. The minimum Gasteiger partial charge on any atom is -0.494 e.